The summed E-state index contributed by atoms with van der Waals surface area (Å²) in [6, 6.07) is 2.21. The summed E-state index contributed by atoms with van der Waals surface area (Å²) in [5.41, 5.74) is 8.04. The molecule has 0 spiro atoms. The second-order valence-corrected chi connectivity index (χ2v) is 7.75. The van der Waals surface area contributed by atoms with Crippen LogP contribution in [0.25, 0.3) is 0 Å². The third-order valence-corrected chi connectivity index (χ3v) is 6.41. The Labute approximate surface area is 124 Å². The van der Waals surface area contributed by atoms with Gasteiger partial charge in [-0.3, -0.25) is 0 Å². The van der Waals surface area contributed by atoms with Gasteiger partial charge in [0.1, 0.15) is 5.82 Å². The van der Waals surface area contributed by atoms with Gasteiger partial charge in [-0.05, 0) is 26.3 Å². The molecule has 3 atom stereocenters. The molecule has 0 bridgehead atoms. The molecule has 3 nitrogen and oxygen atoms in total. The summed E-state index contributed by atoms with van der Waals surface area (Å²) in [5, 5.41) is 1.08. The number of thioether (sulfide) groups is 2. The number of aryl methyl sites for hydroxylation is 1. The Balaban J connectivity index is 2.24. The zero-order valence-electron chi connectivity index (χ0n) is 11.9. The number of hydrogen-bond acceptors (Lipinski definition) is 5. The molecule has 0 aromatic carbocycles. The van der Waals surface area contributed by atoms with Crippen molar-refractivity contribution in [3.05, 3.63) is 23.3 Å². The van der Waals surface area contributed by atoms with Crippen molar-refractivity contribution in [2.45, 2.75) is 50.2 Å². The van der Waals surface area contributed by atoms with Crippen LogP contribution in [0.1, 0.15) is 42.7 Å². The number of rotatable bonds is 4. The Morgan fingerprint density at radius 1 is 1.37 bits per heavy atom. The van der Waals surface area contributed by atoms with Crippen molar-refractivity contribution in [3.63, 3.8) is 0 Å². The predicted molar refractivity (Wildman–Crippen MR) is 85.9 cm³/mol. The first-order valence-corrected chi connectivity index (χ1v) is 9.03. The van der Waals surface area contributed by atoms with Crippen LogP contribution >= 0.6 is 23.5 Å². The van der Waals surface area contributed by atoms with Crippen LogP contribution in [0.5, 0.6) is 0 Å². The van der Waals surface area contributed by atoms with E-state index in [1.807, 2.05) is 18.7 Å². The van der Waals surface area contributed by atoms with Crippen LogP contribution in [-0.2, 0) is 6.42 Å². The van der Waals surface area contributed by atoms with Crippen LogP contribution in [0.15, 0.2) is 6.07 Å². The molecule has 2 heterocycles. The predicted octanol–water partition coefficient (Wildman–Crippen LogP) is 2.97. The summed E-state index contributed by atoms with van der Waals surface area (Å²) in [6.45, 7) is 6.34. The SMILES string of the molecule is CCC1SCCSC1c1nc(C)cc(CC(C)N)n1. The fraction of sp³-hybridized carbons (Fsp3) is 0.714. The van der Waals surface area contributed by atoms with Gasteiger partial charge in [-0.1, -0.05) is 6.92 Å². The van der Waals surface area contributed by atoms with Gasteiger partial charge in [0, 0.05) is 40.6 Å². The van der Waals surface area contributed by atoms with Crippen molar-refractivity contribution < 1.29 is 0 Å². The van der Waals surface area contributed by atoms with Gasteiger partial charge >= 0.3 is 0 Å². The van der Waals surface area contributed by atoms with Crippen LogP contribution in [0, 0.1) is 6.92 Å². The molecule has 2 rings (SSSR count). The van der Waals surface area contributed by atoms with Gasteiger partial charge in [0.05, 0.1) is 5.25 Å². The monoisotopic (exact) mass is 297 g/mol. The Morgan fingerprint density at radius 2 is 2.11 bits per heavy atom. The van der Waals surface area contributed by atoms with Crippen molar-refractivity contribution in [3.8, 4) is 0 Å². The maximum atomic E-state index is 5.89. The van der Waals surface area contributed by atoms with Crippen LogP contribution in [0.4, 0.5) is 0 Å². The minimum Gasteiger partial charge on any atom is -0.328 e. The molecular formula is C14H23N3S2. The quantitative estimate of drug-likeness (QED) is 0.926. The van der Waals surface area contributed by atoms with Crippen molar-refractivity contribution in [1.82, 2.24) is 9.97 Å². The molecule has 1 fully saturated rings. The van der Waals surface area contributed by atoms with Crippen LogP contribution in [-0.4, -0.2) is 32.8 Å². The van der Waals surface area contributed by atoms with Crippen molar-refractivity contribution >= 4 is 23.5 Å². The maximum absolute atomic E-state index is 5.89. The van der Waals surface area contributed by atoms with E-state index in [1.165, 1.54) is 17.9 Å². The molecule has 5 heteroatoms. The van der Waals surface area contributed by atoms with Crippen LogP contribution in [0.3, 0.4) is 0 Å². The standard InChI is InChI=1S/C14H23N3S2/c1-4-12-13(19-6-5-18-12)14-16-10(3)8-11(17-14)7-9(2)15/h8-9,12-13H,4-7,15H2,1-3H3. The summed E-state index contributed by atoms with van der Waals surface area (Å²) < 4.78 is 0. The van der Waals surface area contributed by atoms with Gasteiger partial charge in [0.15, 0.2) is 0 Å². The highest BCUT2D eigenvalue weighted by Gasteiger charge is 2.29. The molecule has 2 N–H and O–H groups in total. The Bertz CT molecular complexity index is 423. The molecule has 19 heavy (non-hydrogen) atoms. The lowest BCUT2D eigenvalue weighted by Crippen LogP contribution is -2.23. The second-order valence-electron chi connectivity index (χ2n) is 5.15. The Morgan fingerprint density at radius 3 is 2.79 bits per heavy atom. The van der Waals surface area contributed by atoms with Crippen molar-refractivity contribution in [2.75, 3.05) is 11.5 Å². The van der Waals surface area contributed by atoms with Gasteiger partial charge in [-0.2, -0.15) is 11.8 Å². The molecule has 1 aromatic rings. The first kappa shape index (κ1) is 15.1. The van der Waals surface area contributed by atoms with E-state index in [0.717, 1.165) is 23.6 Å². The maximum Gasteiger partial charge on any atom is 0.142 e. The molecule has 106 valence electrons. The summed E-state index contributed by atoms with van der Waals surface area (Å²) in [7, 11) is 0. The number of aromatic nitrogens is 2. The van der Waals surface area contributed by atoms with Crippen LogP contribution in [0.2, 0.25) is 0 Å². The van der Waals surface area contributed by atoms with Crippen molar-refractivity contribution in [2.24, 2.45) is 5.73 Å². The minimum atomic E-state index is 0.150. The summed E-state index contributed by atoms with van der Waals surface area (Å²) in [4.78, 5) is 9.45. The molecule has 1 saturated heterocycles. The van der Waals surface area contributed by atoms with E-state index in [9.17, 15) is 0 Å². The molecule has 0 radical (unpaired) electrons. The van der Waals surface area contributed by atoms with Crippen LogP contribution < -0.4 is 5.73 Å². The molecule has 1 aliphatic rings. The first-order valence-electron chi connectivity index (χ1n) is 6.93. The lowest BCUT2D eigenvalue weighted by Gasteiger charge is -2.29. The van der Waals surface area contributed by atoms with E-state index in [2.05, 4.69) is 36.7 Å². The number of nitrogens with zero attached hydrogens (tertiary/aromatic N) is 2. The average Bonchev–Trinajstić information content (AvgIpc) is 2.37. The molecule has 3 unspecified atom stereocenters. The van der Waals surface area contributed by atoms with E-state index in [-0.39, 0.29) is 6.04 Å². The smallest absolute Gasteiger partial charge is 0.142 e. The molecule has 0 aliphatic carbocycles. The highest BCUT2D eigenvalue weighted by atomic mass is 32.2. The Hall–Kier alpha value is -0.260. The molecule has 1 aromatic heterocycles. The molecular weight excluding hydrogens is 274 g/mol. The molecule has 1 aliphatic heterocycles. The topological polar surface area (TPSA) is 51.8 Å². The third-order valence-electron chi connectivity index (χ3n) is 3.16. The minimum absolute atomic E-state index is 0.150. The lowest BCUT2D eigenvalue weighted by atomic mass is 10.1. The van der Waals surface area contributed by atoms with E-state index in [0.29, 0.717) is 10.5 Å². The zero-order valence-corrected chi connectivity index (χ0v) is 13.6. The lowest BCUT2D eigenvalue weighted by molar-refractivity contribution is 0.693. The normalized spacial score (nSPS) is 25.3. The van der Waals surface area contributed by atoms with Gasteiger partial charge < -0.3 is 5.73 Å². The number of nitrogens with two attached hydrogens (primary N) is 1. The summed E-state index contributed by atoms with van der Waals surface area (Å²) in [6.07, 6.45) is 2.01. The molecule has 0 saturated carbocycles. The van der Waals surface area contributed by atoms with Gasteiger partial charge in [0.2, 0.25) is 0 Å². The van der Waals surface area contributed by atoms with Gasteiger partial charge in [0.25, 0.3) is 0 Å². The third kappa shape index (κ3) is 4.10. The first-order chi connectivity index (χ1) is 9.10. The van der Waals surface area contributed by atoms with Gasteiger partial charge in [-0.25, -0.2) is 9.97 Å². The van der Waals surface area contributed by atoms with Gasteiger partial charge in [-0.15, -0.1) is 11.8 Å². The fourth-order valence-electron chi connectivity index (χ4n) is 2.36. The largest absolute Gasteiger partial charge is 0.328 e. The van der Waals surface area contributed by atoms with Crippen molar-refractivity contribution in [1.29, 1.82) is 0 Å². The van der Waals surface area contributed by atoms with E-state index in [4.69, 9.17) is 10.7 Å². The van der Waals surface area contributed by atoms with E-state index in [1.54, 1.807) is 0 Å². The fourth-order valence-corrected chi connectivity index (χ4v) is 5.35. The highest BCUT2D eigenvalue weighted by Crippen LogP contribution is 2.42. The van der Waals surface area contributed by atoms with E-state index >= 15 is 0 Å². The van der Waals surface area contributed by atoms with E-state index < -0.39 is 0 Å². The molecule has 0 amide bonds. The summed E-state index contributed by atoms with van der Waals surface area (Å²) in [5.74, 6) is 3.46. The average molecular weight is 297 g/mol. The summed E-state index contributed by atoms with van der Waals surface area (Å²) >= 11 is 4.07. The zero-order chi connectivity index (χ0) is 13.8. The highest BCUT2D eigenvalue weighted by molar-refractivity contribution is 8.06. The number of hydrogen-bond donors (Lipinski definition) is 1. The Kier molecular flexibility index (Phi) is 5.54. The second kappa shape index (κ2) is 6.95.